The zero-order valence-corrected chi connectivity index (χ0v) is 15.2. The predicted octanol–water partition coefficient (Wildman–Crippen LogP) is 5.43. The summed E-state index contributed by atoms with van der Waals surface area (Å²) in [7, 11) is 0. The van der Waals surface area contributed by atoms with Crippen LogP contribution in [0.4, 0.5) is 5.69 Å². The van der Waals surface area contributed by atoms with E-state index in [-0.39, 0.29) is 0 Å². The molecule has 0 bridgehead atoms. The molecule has 1 aliphatic heterocycles. The molecule has 0 aliphatic carbocycles. The molecule has 1 aliphatic rings. The monoisotopic (exact) mass is 327 g/mol. The van der Waals surface area contributed by atoms with E-state index in [2.05, 4.69) is 34.9 Å². The molecule has 0 amide bonds. The zero-order chi connectivity index (χ0) is 17.1. The van der Waals surface area contributed by atoms with Gasteiger partial charge in [-0.2, -0.15) is 0 Å². The van der Waals surface area contributed by atoms with E-state index in [1.807, 2.05) is 56.9 Å². The fourth-order valence-corrected chi connectivity index (χ4v) is 2.52. The van der Waals surface area contributed by atoms with Crippen molar-refractivity contribution in [1.29, 1.82) is 0 Å². The average molecular weight is 327 g/mol. The third-order valence-electron chi connectivity index (χ3n) is 3.12. The van der Waals surface area contributed by atoms with Gasteiger partial charge in [-0.3, -0.25) is 9.97 Å². The highest BCUT2D eigenvalue weighted by Gasteiger charge is 2.05. The standard InChI is InChI=1S/C9H10N2.C8H9NS.C2H6/c1-7-2-3-8-6-10-5-4-9(8)11-7;1-3-7-4-5-9-6-8(7)10-2;1-2/h2,4-6,11H,3H2,1H3;3-6H,1H2,2H3;1-2H3. The Labute approximate surface area is 144 Å². The van der Waals surface area contributed by atoms with E-state index >= 15 is 0 Å². The Balaban J connectivity index is 0.000000209. The lowest BCUT2D eigenvalue weighted by atomic mass is 10.1. The first-order valence-electron chi connectivity index (χ1n) is 7.71. The van der Waals surface area contributed by atoms with Crippen molar-refractivity contribution in [1.82, 2.24) is 9.97 Å². The summed E-state index contributed by atoms with van der Waals surface area (Å²) in [6.07, 6.45) is 14.4. The average Bonchev–Trinajstić information content (AvgIpc) is 2.63. The highest BCUT2D eigenvalue weighted by atomic mass is 32.2. The largest absolute Gasteiger partial charge is 0.359 e. The zero-order valence-electron chi connectivity index (χ0n) is 14.3. The summed E-state index contributed by atoms with van der Waals surface area (Å²) < 4.78 is 0. The maximum Gasteiger partial charge on any atom is 0.0448 e. The molecule has 1 N–H and O–H groups in total. The maximum atomic E-state index is 4.05. The van der Waals surface area contributed by atoms with Gasteiger partial charge >= 0.3 is 0 Å². The van der Waals surface area contributed by atoms with E-state index in [4.69, 9.17) is 0 Å². The second-order valence-corrected chi connectivity index (χ2v) is 5.42. The quantitative estimate of drug-likeness (QED) is 0.747. The number of thioether (sulfide) groups is 1. The number of rotatable bonds is 2. The highest BCUT2D eigenvalue weighted by molar-refractivity contribution is 7.98. The van der Waals surface area contributed by atoms with Crippen LogP contribution in [0.2, 0.25) is 0 Å². The van der Waals surface area contributed by atoms with Crippen LogP contribution < -0.4 is 5.32 Å². The van der Waals surface area contributed by atoms with Crippen molar-refractivity contribution in [2.24, 2.45) is 0 Å². The Bertz CT molecular complexity index is 651. The van der Waals surface area contributed by atoms with Crippen molar-refractivity contribution in [3.63, 3.8) is 0 Å². The van der Waals surface area contributed by atoms with Crippen LogP contribution in [0.25, 0.3) is 6.08 Å². The maximum absolute atomic E-state index is 4.05. The van der Waals surface area contributed by atoms with Crippen LogP contribution in [-0.4, -0.2) is 16.2 Å². The third-order valence-corrected chi connectivity index (χ3v) is 3.90. The van der Waals surface area contributed by atoms with Gasteiger partial charge in [-0.1, -0.05) is 32.6 Å². The SMILES string of the molecule is C=Cc1ccncc1SC.CC.CC1=CCc2cnccc2N1. The number of allylic oxidation sites excluding steroid dienone is 2. The van der Waals surface area contributed by atoms with Crippen molar-refractivity contribution in [3.8, 4) is 0 Å². The van der Waals surface area contributed by atoms with Gasteiger partial charge in [0, 0.05) is 41.1 Å². The molecule has 2 aromatic heterocycles. The normalized spacial score (nSPS) is 11.4. The molecule has 0 radical (unpaired) electrons. The van der Waals surface area contributed by atoms with Gasteiger partial charge in [0.25, 0.3) is 0 Å². The Morgan fingerprint density at radius 1 is 1.17 bits per heavy atom. The molecule has 3 heterocycles. The van der Waals surface area contributed by atoms with Crippen LogP contribution in [0.15, 0.2) is 60.2 Å². The van der Waals surface area contributed by atoms with Gasteiger partial charge in [0.05, 0.1) is 0 Å². The molecule has 23 heavy (non-hydrogen) atoms. The molecule has 3 nitrogen and oxygen atoms in total. The minimum atomic E-state index is 1.00. The van der Waals surface area contributed by atoms with Gasteiger partial charge in [-0.25, -0.2) is 0 Å². The molecule has 0 saturated carbocycles. The number of nitrogens with one attached hydrogen (secondary N) is 1. The molecule has 0 unspecified atom stereocenters. The minimum Gasteiger partial charge on any atom is -0.359 e. The number of aromatic nitrogens is 2. The lowest BCUT2D eigenvalue weighted by molar-refractivity contribution is 1.12. The predicted molar refractivity (Wildman–Crippen MR) is 103 cm³/mol. The van der Waals surface area contributed by atoms with Crippen LogP contribution in [-0.2, 0) is 6.42 Å². The van der Waals surface area contributed by atoms with Gasteiger partial charge < -0.3 is 5.32 Å². The van der Waals surface area contributed by atoms with Gasteiger partial charge in [0.15, 0.2) is 0 Å². The Hall–Kier alpha value is -2.07. The number of pyridine rings is 2. The van der Waals surface area contributed by atoms with Crippen molar-refractivity contribution in [3.05, 3.63) is 66.4 Å². The van der Waals surface area contributed by atoms with E-state index in [0.717, 1.165) is 12.0 Å². The summed E-state index contributed by atoms with van der Waals surface area (Å²) in [5, 5.41) is 3.28. The number of fused-ring (bicyclic) bond motifs is 1. The summed E-state index contributed by atoms with van der Waals surface area (Å²) in [4.78, 5) is 9.23. The molecule has 0 saturated heterocycles. The van der Waals surface area contributed by atoms with Gasteiger partial charge in [-0.15, -0.1) is 11.8 Å². The summed E-state index contributed by atoms with van der Waals surface area (Å²) >= 11 is 1.69. The fourth-order valence-electron chi connectivity index (χ4n) is 1.97. The van der Waals surface area contributed by atoms with Crippen LogP contribution in [0.3, 0.4) is 0 Å². The molecule has 4 heteroatoms. The Kier molecular flexibility index (Phi) is 8.76. The van der Waals surface area contributed by atoms with Crippen molar-refractivity contribution in [2.45, 2.75) is 32.1 Å². The smallest absolute Gasteiger partial charge is 0.0448 e. The number of hydrogen-bond acceptors (Lipinski definition) is 4. The molecule has 0 atom stereocenters. The van der Waals surface area contributed by atoms with E-state index in [9.17, 15) is 0 Å². The van der Waals surface area contributed by atoms with E-state index in [1.165, 1.54) is 21.8 Å². The van der Waals surface area contributed by atoms with E-state index < -0.39 is 0 Å². The first-order chi connectivity index (χ1) is 11.2. The summed E-state index contributed by atoms with van der Waals surface area (Å²) in [5.74, 6) is 0. The van der Waals surface area contributed by atoms with Crippen molar-refractivity contribution >= 4 is 23.5 Å². The van der Waals surface area contributed by atoms with E-state index in [1.54, 1.807) is 18.0 Å². The van der Waals surface area contributed by atoms with Crippen molar-refractivity contribution < 1.29 is 0 Å². The first-order valence-corrected chi connectivity index (χ1v) is 8.94. The summed E-state index contributed by atoms with van der Waals surface area (Å²) in [6, 6.07) is 3.96. The fraction of sp³-hybridized carbons (Fsp3) is 0.263. The van der Waals surface area contributed by atoms with Gasteiger partial charge in [0.1, 0.15) is 0 Å². The lowest BCUT2D eigenvalue weighted by Gasteiger charge is -2.15. The summed E-state index contributed by atoms with van der Waals surface area (Å²) in [5.41, 5.74) is 4.85. The lowest BCUT2D eigenvalue weighted by Crippen LogP contribution is -2.05. The first kappa shape index (κ1) is 19.0. The van der Waals surface area contributed by atoms with Crippen LogP contribution in [0.1, 0.15) is 31.9 Å². The Morgan fingerprint density at radius 3 is 2.52 bits per heavy atom. The molecule has 3 rings (SSSR count). The number of nitrogens with zero attached hydrogens (tertiary/aromatic N) is 2. The molecule has 0 aromatic carbocycles. The minimum absolute atomic E-state index is 1.00. The van der Waals surface area contributed by atoms with Crippen LogP contribution in [0.5, 0.6) is 0 Å². The Morgan fingerprint density at radius 2 is 1.87 bits per heavy atom. The van der Waals surface area contributed by atoms with Crippen LogP contribution in [0, 0.1) is 0 Å². The van der Waals surface area contributed by atoms with Gasteiger partial charge in [0.2, 0.25) is 0 Å². The molecule has 2 aromatic rings. The van der Waals surface area contributed by atoms with Crippen LogP contribution >= 0.6 is 11.8 Å². The van der Waals surface area contributed by atoms with Crippen molar-refractivity contribution in [2.75, 3.05) is 11.6 Å². The third kappa shape index (κ3) is 5.91. The van der Waals surface area contributed by atoms with E-state index in [0.29, 0.717) is 0 Å². The molecular weight excluding hydrogens is 302 g/mol. The molecule has 122 valence electrons. The molecule has 0 spiro atoms. The second kappa shape index (κ2) is 10.6. The van der Waals surface area contributed by atoms with Gasteiger partial charge in [-0.05, 0) is 42.9 Å². The number of hydrogen-bond donors (Lipinski definition) is 1. The molecule has 0 fully saturated rings. The topological polar surface area (TPSA) is 37.8 Å². The second-order valence-electron chi connectivity index (χ2n) is 4.57. The number of anilines is 1. The molecular formula is C19H25N3S. The highest BCUT2D eigenvalue weighted by Crippen LogP contribution is 2.21. The summed E-state index contributed by atoms with van der Waals surface area (Å²) in [6.45, 7) is 9.77.